The van der Waals surface area contributed by atoms with Gasteiger partial charge in [-0.05, 0) is 160 Å². The van der Waals surface area contributed by atoms with E-state index in [1.54, 1.807) is 51.0 Å². The van der Waals surface area contributed by atoms with Crippen molar-refractivity contribution in [3.05, 3.63) is 61.7 Å². The summed E-state index contributed by atoms with van der Waals surface area (Å²) in [4.78, 5) is 0. The molecule has 7 aliphatic rings. The number of hydrogen-bond acceptors (Lipinski definition) is 0. The SMILES string of the molecule is CC1=Cc2c(cc3c(c2C2C4CC5CC(C4)CC2C5)CCC3)C1[Si](C)(C)C1C(C)=C(C)C(C)=C1C. The van der Waals surface area contributed by atoms with Gasteiger partial charge in [0.1, 0.15) is 0 Å². The second kappa shape index (κ2) is 7.59. The monoisotopic (exact) mass is 482 g/mol. The van der Waals surface area contributed by atoms with Crippen molar-refractivity contribution in [2.45, 2.75) is 116 Å². The number of benzene rings is 1. The lowest BCUT2D eigenvalue weighted by Gasteiger charge is -2.55. The predicted molar refractivity (Wildman–Crippen MR) is 153 cm³/mol. The summed E-state index contributed by atoms with van der Waals surface area (Å²) in [5.74, 6) is 4.96. The van der Waals surface area contributed by atoms with E-state index in [4.69, 9.17) is 0 Å². The minimum absolute atomic E-state index is 0.674. The first-order valence-electron chi connectivity index (χ1n) is 14.9. The third kappa shape index (κ3) is 3.03. The number of rotatable bonds is 3. The Bertz CT molecular complexity index is 1170. The number of aryl methyl sites for hydroxylation is 1. The second-order valence-corrected chi connectivity index (χ2v) is 19.2. The summed E-state index contributed by atoms with van der Waals surface area (Å²) in [5, 5.41) is 0. The van der Waals surface area contributed by atoms with Crippen molar-refractivity contribution in [1.82, 2.24) is 0 Å². The van der Waals surface area contributed by atoms with Gasteiger partial charge in [-0.2, -0.15) is 0 Å². The normalized spacial score (nSPS) is 35.9. The molecule has 0 N–H and O–H groups in total. The standard InChI is InChI=1S/C34H46Si/c1-18-11-29-30(33(18)35(6,7)34-21(4)19(2)20(3)22(34)5)17-25-9-8-10-28(25)32(29)31-26-13-23-12-24(15-26)16-27(31)14-23/h11,17,23-24,26-27,31,33-34H,8-10,12-16H2,1-7H3. The largest absolute Gasteiger partial charge is 0.0717 e. The highest BCUT2D eigenvalue weighted by molar-refractivity contribution is 6.82. The Morgan fingerprint density at radius 2 is 1.34 bits per heavy atom. The van der Waals surface area contributed by atoms with Crippen LogP contribution < -0.4 is 0 Å². The van der Waals surface area contributed by atoms with E-state index in [1.165, 1.54) is 44.9 Å². The molecule has 4 bridgehead atoms. The van der Waals surface area contributed by atoms with Crippen LogP contribution in [0, 0.1) is 23.7 Å². The average molecular weight is 483 g/mol. The summed E-state index contributed by atoms with van der Waals surface area (Å²) in [6.07, 6.45) is 14.5. The van der Waals surface area contributed by atoms with Gasteiger partial charge >= 0.3 is 0 Å². The molecule has 186 valence electrons. The summed E-state index contributed by atoms with van der Waals surface area (Å²) < 4.78 is 0. The van der Waals surface area contributed by atoms with Gasteiger partial charge in [-0.15, -0.1) is 0 Å². The van der Waals surface area contributed by atoms with Crippen LogP contribution in [0.25, 0.3) is 6.08 Å². The Kier molecular flexibility index (Phi) is 4.95. The first-order chi connectivity index (χ1) is 16.7. The molecule has 1 heteroatoms. The van der Waals surface area contributed by atoms with Crippen molar-refractivity contribution in [3.63, 3.8) is 0 Å². The van der Waals surface area contributed by atoms with Crippen molar-refractivity contribution in [2.75, 3.05) is 0 Å². The van der Waals surface area contributed by atoms with E-state index < -0.39 is 8.07 Å². The van der Waals surface area contributed by atoms with Crippen molar-refractivity contribution in [3.8, 4) is 0 Å². The minimum atomic E-state index is -1.68. The molecule has 1 aromatic carbocycles. The van der Waals surface area contributed by atoms with Gasteiger partial charge in [0, 0.05) is 5.54 Å². The van der Waals surface area contributed by atoms with Gasteiger partial charge in [0.05, 0.1) is 8.07 Å². The molecule has 1 aromatic rings. The quantitative estimate of drug-likeness (QED) is 0.376. The van der Waals surface area contributed by atoms with E-state index >= 15 is 0 Å². The molecule has 35 heavy (non-hydrogen) atoms. The minimum Gasteiger partial charge on any atom is -0.0679 e. The summed E-state index contributed by atoms with van der Waals surface area (Å²) in [5.41, 5.74) is 18.6. The van der Waals surface area contributed by atoms with Gasteiger partial charge in [0.25, 0.3) is 0 Å². The molecule has 1 unspecified atom stereocenters. The molecule has 0 radical (unpaired) electrons. The zero-order valence-electron chi connectivity index (χ0n) is 23.4. The summed E-state index contributed by atoms with van der Waals surface area (Å²) in [6.45, 7) is 17.6. The molecule has 0 saturated heterocycles. The van der Waals surface area contributed by atoms with Crippen LogP contribution in [0.2, 0.25) is 18.6 Å². The fourth-order valence-electron chi connectivity index (χ4n) is 11.2. The van der Waals surface area contributed by atoms with E-state index in [0.717, 1.165) is 29.6 Å². The van der Waals surface area contributed by atoms with Crippen LogP contribution in [-0.4, -0.2) is 8.07 Å². The molecule has 0 aliphatic heterocycles. The highest BCUT2D eigenvalue weighted by Gasteiger charge is 2.52. The maximum absolute atomic E-state index is 2.75. The maximum Gasteiger partial charge on any atom is 0.0717 e. The van der Waals surface area contributed by atoms with Gasteiger partial charge in [-0.1, -0.05) is 42.0 Å². The predicted octanol–water partition coefficient (Wildman–Crippen LogP) is 9.52. The van der Waals surface area contributed by atoms with Crippen molar-refractivity contribution < 1.29 is 0 Å². The van der Waals surface area contributed by atoms with E-state index in [0.29, 0.717) is 11.1 Å². The molecule has 0 amide bonds. The fraction of sp³-hybridized carbons (Fsp3) is 0.647. The lowest BCUT2D eigenvalue weighted by atomic mass is 9.50. The van der Waals surface area contributed by atoms with Crippen LogP contribution in [0.5, 0.6) is 0 Å². The van der Waals surface area contributed by atoms with Crippen LogP contribution >= 0.6 is 0 Å². The number of fused-ring (bicyclic) bond motifs is 2. The molecular formula is C34H46Si. The van der Waals surface area contributed by atoms with Crippen LogP contribution in [0.3, 0.4) is 0 Å². The van der Waals surface area contributed by atoms with Crippen molar-refractivity contribution in [2.24, 2.45) is 23.7 Å². The Morgan fingerprint density at radius 1 is 0.743 bits per heavy atom. The maximum atomic E-state index is 2.75. The lowest BCUT2D eigenvalue weighted by Crippen LogP contribution is -2.44. The first-order valence-corrected chi connectivity index (χ1v) is 18.0. The van der Waals surface area contributed by atoms with Gasteiger partial charge in [0.2, 0.25) is 0 Å². The molecule has 0 heterocycles. The van der Waals surface area contributed by atoms with Crippen molar-refractivity contribution >= 4 is 14.1 Å². The summed E-state index contributed by atoms with van der Waals surface area (Å²) in [6, 6.07) is 2.75. The summed E-state index contributed by atoms with van der Waals surface area (Å²) in [7, 11) is -1.68. The zero-order valence-corrected chi connectivity index (χ0v) is 24.4. The third-order valence-corrected chi connectivity index (χ3v) is 16.9. The van der Waals surface area contributed by atoms with Crippen molar-refractivity contribution in [1.29, 1.82) is 0 Å². The molecule has 0 spiro atoms. The van der Waals surface area contributed by atoms with E-state index in [2.05, 4.69) is 59.9 Å². The molecular weight excluding hydrogens is 436 g/mol. The smallest absolute Gasteiger partial charge is 0.0679 e. The Hall–Kier alpha value is -1.34. The molecule has 0 aromatic heterocycles. The lowest BCUT2D eigenvalue weighted by molar-refractivity contribution is -0.00310. The van der Waals surface area contributed by atoms with Gasteiger partial charge < -0.3 is 0 Å². The molecule has 7 aliphatic carbocycles. The van der Waals surface area contributed by atoms with Crippen LogP contribution in [0.4, 0.5) is 0 Å². The Morgan fingerprint density at radius 3 is 1.94 bits per heavy atom. The Labute approximate surface area is 215 Å². The molecule has 1 atom stereocenters. The highest BCUT2D eigenvalue weighted by atomic mass is 28.3. The molecule has 4 saturated carbocycles. The van der Waals surface area contributed by atoms with Gasteiger partial charge in [0.15, 0.2) is 0 Å². The first kappa shape index (κ1) is 22.8. The molecule has 0 nitrogen and oxygen atoms in total. The third-order valence-electron chi connectivity index (χ3n) is 12.3. The average Bonchev–Trinajstić information content (AvgIpc) is 3.44. The summed E-state index contributed by atoms with van der Waals surface area (Å²) >= 11 is 0. The van der Waals surface area contributed by atoms with E-state index in [9.17, 15) is 0 Å². The van der Waals surface area contributed by atoms with E-state index in [1.807, 2.05) is 11.1 Å². The van der Waals surface area contributed by atoms with E-state index in [-0.39, 0.29) is 0 Å². The zero-order chi connectivity index (χ0) is 24.4. The van der Waals surface area contributed by atoms with Gasteiger partial charge in [-0.25, -0.2) is 0 Å². The number of allylic oxidation sites excluding steroid dienone is 5. The molecule has 4 fully saturated rings. The fourth-order valence-corrected chi connectivity index (χ4v) is 16.5. The molecule has 8 rings (SSSR count). The van der Waals surface area contributed by atoms with Crippen LogP contribution in [0.1, 0.15) is 112 Å². The van der Waals surface area contributed by atoms with Gasteiger partial charge in [-0.3, -0.25) is 0 Å². The highest BCUT2D eigenvalue weighted by Crippen LogP contribution is 2.63. The Balaban J connectivity index is 1.38. The topological polar surface area (TPSA) is 0 Å². The van der Waals surface area contributed by atoms with Crippen LogP contribution in [-0.2, 0) is 12.8 Å². The second-order valence-electron chi connectivity index (χ2n) is 14.4. The number of hydrogen-bond donors (Lipinski definition) is 0. The van der Waals surface area contributed by atoms with Crippen LogP contribution in [0.15, 0.2) is 33.9 Å².